The number of carboxylic acid groups (broad SMARTS) is 1. The van der Waals surface area contributed by atoms with Crippen LogP contribution in [0.25, 0.3) is 0 Å². The number of hydrogen-bond donors (Lipinski definition) is 1. The summed E-state index contributed by atoms with van der Waals surface area (Å²) in [6.45, 7) is 14.0. The van der Waals surface area contributed by atoms with Crippen LogP contribution < -0.4 is 0 Å². The second-order valence-corrected chi connectivity index (χ2v) is 5.71. The van der Waals surface area contributed by atoms with Crippen molar-refractivity contribution in [2.45, 2.75) is 47.1 Å². The fourth-order valence-electron chi connectivity index (χ4n) is 1.47. The van der Waals surface area contributed by atoms with Crippen molar-refractivity contribution in [3.63, 3.8) is 0 Å². The zero-order chi connectivity index (χ0) is 12.2. The molecule has 0 aliphatic carbocycles. The molecule has 0 amide bonds. The van der Waals surface area contributed by atoms with E-state index in [4.69, 9.17) is 5.11 Å². The summed E-state index contributed by atoms with van der Waals surface area (Å²) in [5.41, 5.74) is 0.0357. The van der Waals surface area contributed by atoms with E-state index in [0.29, 0.717) is 12.5 Å². The molecule has 15 heavy (non-hydrogen) atoms. The fraction of sp³-hybridized carbons (Fsp3) is 0.917. The lowest BCUT2D eigenvalue weighted by Crippen LogP contribution is -2.46. The first-order chi connectivity index (χ1) is 6.64. The molecule has 0 aromatic rings. The van der Waals surface area contributed by atoms with E-state index in [1.54, 1.807) is 6.92 Å². The molecule has 0 aliphatic rings. The van der Waals surface area contributed by atoms with E-state index >= 15 is 0 Å². The van der Waals surface area contributed by atoms with Gasteiger partial charge in [-0.2, -0.15) is 0 Å². The van der Waals surface area contributed by atoms with Gasteiger partial charge in [-0.25, -0.2) is 0 Å². The SMILES string of the molecule is CC(C)CN(CC(C)C(=O)O)C(C)(C)C. The molecule has 0 bridgehead atoms. The summed E-state index contributed by atoms with van der Waals surface area (Å²) in [4.78, 5) is 13.1. The van der Waals surface area contributed by atoms with Gasteiger partial charge in [0.1, 0.15) is 0 Å². The molecule has 1 atom stereocenters. The Morgan fingerprint density at radius 1 is 1.20 bits per heavy atom. The van der Waals surface area contributed by atoms with Crippen LogP contribution in [0, 0.1) is 11.8 Å². The first kappa shape index (κ1) is 14.4. The largest absolute Gasteiger partial charge is 0.481 e. The smallest absolute Gasteiger partial charge is 0.307 e. The number of carbonyl (C=O) groups is 1. The summed E-state index contributed by atoms with van der Waals surface area (Å²) in [6.07, 6.45) is 0. The third kappa shape index (κ3) is 5.78. The highest BCUT2D eigenvalue weighted by molar-refractivity contribution is 5.69. The summed E-state index contributed by atoms with van der Waals surface area (Å²) >= 11 is 0. The summed E-state index contributed by atoms with van der Waals surface area (Å²) in [7, 11) is 0. The quantitative estimate of drug-likeness (QED) is 0.766. The molecule has 0 heterocycles. The normalized spacial score (nSPS) is 14.7. The predicted octanol–water partition coefficient (Wildman–Crippen LogP) is 2.46. The van der Waals surface area contributed by atoms with Crippen molar-refractivity contribution in [3.8, 4) is 0 Å². The van der Waals surface area contributed by atoms with Crippen molar-refractivity contribution in [3.05, 3.63) is 0 Å². The van der Waals surface area contributed by atoms with Crippen LogP contribution in [0.4, 0.5) is 0 Å². The molecule has 0 saturated heterocycles. The van der Waals surface area contributed by atoms with E-state index in [-0.39, 0.29) is 11.5 Å². The zero-order valence-corrected chi connectivity index (χ0v) is 10.9. The summed E-state index contributed by atoms with van der Waals surface area (Å²) < 4.78 is 0. The van der Waals surface area contributed by atoms with Crippen molar-refractivity contribution < 1.29 is 9.90 Å². The maximum absolute atomic E-state index is 10.8. The monoisotopic (exact) mass is 215 g/mol. The Kier molecular flexibility index (Phi) is 5.29. The molecule has 0 radical (unpaired) electrons. The van der Waals surface area contributed by atoms with E-state index in [1.165, 1.54) is 0 Å². The molecule has 0 aromatic carbocycles. The van der Waals surface area contributed by atoms with Gasteiger partial charge in [0.2, 0.25) is 0 Å². The Morgan fingerprint density at radius 2 is 1.67 bits per heavy atom. The average molecular weight is 215 g/mol. The standard InChI is InChI=1S/C12H25NO2/c1-9(2)7-13(12(4,5)6)8-10(3)11(14)15/h9-10H,7-8H2,1-6H3,(H,14,15). The number of carboxylic acids is 1. The zero-order valence-electron chi connectivity index (χ0n) is 10.9. The Bertz CT molecular complexity index is 206. The van der Waals surface area contributed by atoms with Gasteiger partial charge in [-0.3, -0.25) is 9.69 Å². The molecule has 3 nitrogen and oxygen atoms in total. The van der Waals surface area contributed by atoms with E-state index < -0.39 is 5.97 Å². The fourth-order valence-corrected chi connectivity index (χ4v) is 1.47. The van der Waals surface area contributed by atoms with E-state index in [2.05, 4.69) is 39.5 Å². The van der Waals surface area contributed by atoms with Gasteiger partial charge in [-0.1, -0.05) is 20.8 Å². The van der Waals surface area contributed by atoms with E-state index in [9.17, 15) is 4.79 Å². The molecule has 0 saturated carbocycles. The minimum absolute atomic E-state index is 0.0357. The molecule has 0 fully saturated rings. The molecule has 1 unspecified atom stereocenters. The topological polar surface area (TPSA) is 40.5 Å². The molecular weight excluding hydrogens is 190 g/mol. The second kappa shape index (κ2) is 5.50. The Labute approximate surface area is 93.5 Å². The molecule has 0 spiro atoms. The van der Waals surface area contributed by atoms with Crippen LogP contribution in [0.15, 0.2) is 0 Å². The number of aliphatic carboxylic acids is 1. The van der Waals surface area contributed by atoms with Crippen LogP contribution in [-0.2, 0) is 4.79 Å². The molecule has 3 heteroatoms. The van der Waals surface area contributed by atoms with Crippen molar-refractivity contribution in [1.82, 2.24) is 4.90 Å². The maximum atomic E-state index is 10.8. The van der Waals surface area contributed by atoms with Gasteiger partial charge >= 0.3 is 5.97 Å². The van der Waals surface area contributed by atoms with Crippen LogP contribution in [0.1, 0.15) is 41.5 Å². The maximum Gasteiger partial charge on any atom is 0.307 e. The lowest BCUT2D eigenvalue weighted by molar-refractivity contribution is -0.142. The van der Waals surface area contributed by atoms with Crippen LogP contribution in [0.3, 0.4) is 0 Å². The highest BCUT2D eigenvalue weighted by atomic mass is 16.4. The van der Waals surface area contributed by atoms with Crippen molar-refractivity contribution in [2.24, 2.45) is 11.8 Å². The van der Waals surface area contributed by atoms with E-state index in [0.717, 1.165) is 6.54 Å². The lowest BCUT2D eigenvalue weighted by atomic mass is 10.0. The highest BCUT2D eigenvalue weighted by Gasteiger charge is 2.25. The van der Waals surface area contributed by atoms with Gasteiger partial charge in [0, 0.05) is 18.6 Å². The molecule has 0 aromatic heterocycles. The Balaban J connectivity index is 4.45. The number of nitrogens with zero attached hydrogens (tertiary/aromatic N) is 1. The van der Waals surface area contributed by atoms with Crippen molar-refractivity contribution in [1.29, 1.82) is 0 Å². The highest BCUT2D eigenvalue weighted by Crippen LogP contribution is 2.17. The van der Waals surface area contributed by atoms with Crippen LogP contribution in [0.5, 0.6) is 0 Å². The van der Waals surface area contributed by atoms with Crippen molar-refractivity contribution in [2.75, 3.05) is 13.1 Å². The predicted molar refractivity (Wildman–Crippen MR) is 63.0 cm³/mol. The van der Waals surface area contributed by atoms with Crippen LogP contribution in [0.2, 0.25) is 0 Å². The third-order valence-electron chi connectivity index (χ3n) is 2.45. The van der Waals surface area contributed by atoms with Crippen molar-refractivity contribution >= 4 is 5.97 Å². The molecule has 0 aliphatic heterocycles. The molecule has 90 valence electrons. The van der Waals surface area contributed by atoms with E-state index in [1.807, 2.05) is 0 Å². The van der Waals surface area contributed by atoms with Gasteiger partial charge < -0.3 is 5.11 Å². The van der Waals surface area contributed by atoms with Gasteiger partial charge in [0.15, 0.2) is 0 Å². The first-order valence-electron chi connectivity index (χ1n) is 5.62. The lowest BCUT2D eigenvalue weighted by Gasteiger charge is -2.37. The van der Waals surface area contributed by atoms with Gasteiger partial charge in [-0.15, -0.1) is 0 Å². The van der Waals surface area contributed by atoms with Gasteiger partial charge in [0.05, 0.1) is 5.92 Å². The minimum Gasteiger partial charge on any atom is -0.481 e. The van der Waals surface area contributed by atoms with Gasteiger partial charge in [-0.05, 0) is 26.7 Å². The summed E-state index contributed by atoms with van der Waals surface area (Å²) in [5.74, 6) is -0.457. The minimum atomic E-state index is -0.715. The second-order valence-electron chi connectivity index (χ2n) is 5.71. The molecule has 1 N–H and O–H groups in total. The van der Waals surface area contributed by atoms with Gasteiger partial charge in [0.25, 0.3) is 0 Å². The first-order valence-corrected chi connectivity index (χ1v) is 5.62. The molecular formula is C12H25NO2. The summed E-state index contributed by atoms with van der Waals surface area (Å²) in [5, 5.41) is 8.90. The average Bonchev–Trinajstić information content (AvgIpc) is 2.00. The number of hydrogen-bond acceptors (Lipinski definition) is 2. The summed E-state index contributed by atoms with van der Waals surface area (Å²) in [6, 6.07) is 0. The molecule has 0 rings (SSSR count). The van der Waals surface area contributed by atoms with Crippen LogP contribution >= 0.6 is 0 Å². The third-order valence-corrected chi connectivity index (χ3v) is 2.45. The Hall–Kier alpha value is -0.570. The number of rotatable bonds is 5. The van der Waals surface area contributed by atoms with Crippen LogP contribution in [-0.4, -0.2) is 34.6 Å². The Morgan fingerprint density at radius 3 is 1.93 bits per heavy atom.